The van der Waals surface area contributed by atoms with Gasteiger partial charge in [-0.2, -0.15) is 5.26 Å². The van der Waals surface area contributed by atoms with E-state index in [1.807, 2.05) is 36.4 Å². The SMILES string of the molecule is N#Cc1ccc(-c2ccc(OCCCCCCCCCCCOC[C@@H]3CO3)cc2)cc1. The zero-order valence-electron chi connectivity index (χ0n) is 18.6. The molecule has 2 aromatic rings. The summed E-state index contributed by atoms with van der Waals surface area (Å²) in [4.78, 5) is 0. The van der Waals surface area contributed by atoms with Crippen LogP contribution in [0.3, 0.4) is 0 Å². The van der Waals surface area contributed by atoms with Crippen molar-refractivity contribution in [3.63, 3.8) is 0 Å². The Labute approximate surface area is 187 Å². The molecular formula is C27H35NO3. The van der Waals surface area contributed by atoms with Crippen molar-refractivity contribution >= 4 is 0 Å². The lowest BCUT2D eigenvalue weighted by Crippen LogP contribution is -2.02. The molecule has 1 aliphatic rings. The largest absolute Gasteiger partial charge is 0.494 e. The highest BCUT2D eigenvalue weighted by molar-refractivity contribution is 5.64. The van der Waals surface area contributed by atoms with Crippen molar-refractivity contribution in [2.24, 2.45) is 0 Å². The minimum Gasteiger partial charge on any atom is -0.494 e. The first-order chi connectivity index (χ1) is 15.3. The summed E-state index contributed by atoms with van der Waals surface area (Å²) in [6.07, 6.45) is 11.8. The molecule has 0 amide bonds. The van der Waals surface area contributed by atoms with E-state index in [-0.39, 0.29) is 0 Å². The Kier molecular flexibility index (Phi) is 10.4. The van der Waals surface area contributed by atoms with E-state index in [4.69, 9.17) is 19.5 Å². The van der Waals surface area contributed by atoms with Crippen LogP contribution in [0.25, 0.3) is 11.1 Å². The number of epoxide rings is 1. The molecule has 4 nitrogen and oxygen atoms in total. The van der Waals surface area contributed by atoms with Gasteiger partial charge in [-0.25, -0.2) is 0 Å². The lowest BCUT2D eigenvalue weighted by molar-refractivity contribution is 0.113. The smallest absolute Gasteiger partial charge is 0.119 e. The molecule has 0 unspecified atom stereocenters. The molecule has 0 aromatic heterocycles. The van der Waals surface area contributed by atoms with Crippen LogP contribution >= 0.6 is 0 Å². The van der Waals surface area contributed by atoms with Crippen molar-refractivity contribution in [1.82, 2.24) is 0 Å². The fourth-order valence-electron chi connectivity index (χ4n) is 3.59. The summed E-state index contributed by atoms with van der Waals surface area (Å²) in [5.41, 5.74) is 2.93. The van der Waals surface area contributed by atoms with Gasteiger partial charge < -0.3 is 14.2 Å². The molecule has 2 aromatic carbocycles. The molecule has 31 heavy (non-hydrogen) atoms. The first kappa shape index (κ1) is 23.3. The van der Waals surface area contributed by atoms with Crippen LogP contribution in [0.15, 0.2) is 48.5 Å². The van der Waals surface area contributed by atoms with Crippen LogP contribution in [0, 0.1) is 11.3 Å². The predicted octanol–water partition coefficient (Wildman–Crippen LogP) is 6.53. The van der Waals surface area contributed by atoms with E-state index in [0.717, 1.165) is 49.7 Å². The van der Waals surface area contributed by atoms with Crippen LogP contribution in [-0.4, -0.2) is 32.5 Å². The van der Waals surface area contributed by atoms with Gasteiger partial charge in [0.2, 0.25) is 0 Å². The normalized spacial score (nSPS) is 14.9. The molecule has 0 N–H and O–H groups in total. The van der Waals surface area contributed by atoms with E-state index in [0.29, 0.717) is 11.7 Å². The van der Waals surface area contributed by atoms with E-state index in [1.54, 1.807) is 0 Å². The molecule has 1 fully saturated rings. The van der Waals surface area contributed by atoms with Crippen LogP contribution in [0.2, 0.25) is 0 Å². The van der Waals surface area contributed by atoms with Gasteiger partial charge in [0.05, 0.1) is 31.5 Å². The third-order valence-corrected chi connectivity index (χ3v) is 5.61. The van der Waals surface area contributed by atoms with Gasteiger partial charge in [-0.05, 0) is 48.2 Å². The van der Waals surface area contributed by atoms with Crippen LogP contribution in [-0.2, 0) is 9.47 Å². The second kappa shape index (κ2) is 13.9. The van der Waals surface area contributed by atoms with E-state index < -0.39 is 0 Å². The number of benzene rings is 2. The van der Waals surface area contributed by atoms with Crippen molar-refractivity contribution in [2.75, 3.05) is 26.4 Å². The Balaban J connectivity index is 1.14. The molecule has 1 saturated heterocycles. The Morgan fingerprint density at radius 2 is 1.26 bits per heavy atom. The van der Waals surface area contributed by atoms with Gasteiger partial charge in [0.15, 0.2) is 0 Å². The maximum absolute atomic E-state index is 8.89. The van der Waals surface area contributed by atoms with E-state index >= 15 is 0 Å². The van der Waals surface area contributed by atoms with Crippen LogP contribution in [0.5, 0.6) is 5.75 Å². The van der Waals surface area contributed by atoms with Gasteiger partial charge >= 0.3 is 0 Å². The van der Waals surface area contributed by atoms with Gasteiger partial charge in [-0.1, -0.05) is 69.2 Å². The van der Waals surface area contributed by atoms with Gasteiger partial charge in [-0.15, -0.1) is 0 Å². The minimum atomic E-state index is 0.394. The predicted molar refractivity (Wildman–Crippen MR) is 124 cm³/mol. The van der Waals surface area contributed by atoms with E-state index in [9.17, 15) is 0 Å². The van der Waals surface area contributed by atoms with Gasteiger partial charge in [0.1, 0.15) is 11.9 Å². The molecule has 0 bridgehead atoms. The Morgan fingerprint density at radius 3 is 1.81 bits per heavy atom. The number of nitrogens with zero attached hydrogens (tertiary/aromatic N) is 1. The number of ether oxygens (including phenoxy) is 3. The second-order valence-corrected chi connectivity index (χ2v) is 8.27. The number of nitriles is 1. The summed E-state index contributed by atoms with van der Waals surface area (Å²) >= 11 is 0. The molecule has 0 aliphatic carbocycles. The van der Waals surface area contributed by atoms with Gasteiger partial charge in [0, 0.05) is 6.61 Å². The highest BCUT2D eigenvalue weighted by atomic mass is 16.6. The van der Waals surface area contributed by atoms with Crippen LogP contribution < -0.4 is 4.74 Å². The number of unbranched alkanes of at least 4 members (excludes halogenated alkanes) is 8. The molecule has 1 aliphatic heterocycles. The maximum Gasteiger partial charge on any atom is 0.119 e. The molecule has 0 saturated carbocycles. The lowest BCUT2D eigenvalue weighted by Gasteiger charge is -2.08. The molecule has 0 spiro atoms. The van der Waals surface area contributed by atoms with Crippen LogP contribution in [0.4, 0.5) is 0 Å². The van der Waals surface area contributed by atoms with Gasteiger partial charge in [0.25, 0.3) is 0 Å². The summed E-state index contributed by atoms with van der Waals surface area (Å²) < 4.78 is 16.6. The molecule has 3 rings (SSSR count). The first-order valence-corrected chi connectivity index (χ1v) is 11.8. The summed E-state index contributed by atoms with van der Waals surface area (Å²) in [6.45, 7) is 3.34. The Hall–Kier alpha value is -2.35. The van der Waals surface area contributed by atoms with Crippen molar-refractivity contribution in [3.8, 4) is 22.9 Å². The highest BCUT2D eigenvalue weighted by Crippen LogP contribution is 2.23. The van der Waals surface area contributed by atoms with E-state index in [2.05, 4.69) is 18.2 Å². The number of rotatable bonds is 16. The zero-order chi connectivity index (χ0) is 21.6. The van der Waals surface area contributed by atoms with Crippen molar-refractivity contribution < 1.29 is 14.2 Å². The average molecular weight is 422 g/mol. The standard InChI is InChI=1S/C27H35NO3/c28-20-23-10-12-24(13-11-23)25-14-16-26(17-15-25)30-19-9-7-5-3-1-2-4-6-8-18-29-21-27-22-31-27/h10-17,27H,1-9,18-19,21-22H2/t27-/m1/s1. The van der Waals surface area contributed by atoms with Crippen molar-refractivity contribution in [3.05, 3.63) is 54.1 Å². The molecule has 0 radical (unpaired) electrons. The Bertz CT molecular complexity index is 776. The number of hydrogen-bond donors (Lipinski definition) is 0. The van der Waals surface area contributed by atoms with Gasteiger partial charge in [-0.3, -0.25) is 0 Å². The fourth-order valence-corrected chi connectivity index (χ4v) is 3.59. The first-order valence-electron chi connectivity index (χ1n) is 11.8. The highest BCUT2D eigenvalue weighted by Gasteiger charge is 2.21. The van der Waals surface area contributed by atoms with Crippen molar-refractivity contribution in [1.29, 1.82) is 5.26 Å². The molecule has 1 atom stereocenters. The summed E-state index contributed by atoms with van der Waals surface area (Å²) in [7, 11) is 0. The fraction of sp³-hybridized carbons (Fsp3) is 0.519. The monoisotopic (exact) mass is 421 g/mol. The Morgan fingerprint density at radius 1 is 0.742 bits per heavy atom. The van der Waals surface area contributed by atoms with Crippen molar-refractivity contribution in [2.45, 2.75) is 63.9 Å². The number of hydrogen-bond acceptors (Lipinski definition) is 4. The zero-order valence-corrected chi connectivity index (χ0v) is 18.6. The summed E-state index contributed by atoms with van der Waals surface area (Å²) in [5.74, 6) is 0.922. The topological polar surface area (TPSA) is 54.8 Å². The third kappa shape index (κ3) is 9.55. The maximum atomic E-state index is 8.89. The molecule has 1 heterocycles. The second-order valence-electron chi connectivity index (χ2n) is 8.27. The van der Waals surface area contributed by atoms with E-state index in [1.165, 1.54) is 51.4 Å². The molecule has 4 heteroatoms. The third-order valence-electron chi connectivity index (χ3n) is 5.61. The molecular weight excluding hydrogens is 386 g/mol. The molecule has 166 valence electrons. The average Bonchev–Trinajstić information content (AvgIpc) is 3.64. The summed E-state index contributed by atoms with van der Waals surface area (Å²) in [5, 5.41) is 8.89. The van der Waals surface area contributed by atoms with Crippen LogP contribution in [0.1, 0.15) is 63.4 Å². The minimum absolute atomic E-state index is 0.394. The summed E-state index contributed by atoms with van der Waals surface area (Å²) in [6, 6.07) is 18.0. The lowest BCUT2D eigenvalue weighted by atomic mass is 10.0. The quantitative estimate of drug-likeness (QED) is 0.228.